The summed E-state index contributed by atoms with van der Waals surface area (Å²) in [5.41, 5.74) is 0.0617. The molecule has 19 heavy (non-hydrogen) atoms. The number of carbonyl (C=O) groups excluding carboxylic acids is 1. The second-order valence-electron chi connectivity index (χ2n) is 5.20. The minimum atomic E-state index is -0.384. The van der Waals surface area contributed by atoms with Crippen LogP contribution in [0.15, 0.2) is 18.2 Å². The fourth-order valence-corrected chi connectivity index (χ4v) is 2.92. The summed E-state index contributed by atoms with van der Waals surface area (Å²) >= 11 is 6.01. The van der Waals surface area contributed by atoms with Gasteiger partial charge in [-0.15, -0.1) is 11.6 Å². The van der Waals surface area contributed by atoms with E-state index in [9.17, 15) is 15.0 Å². The number of phenolic OH excluding ortho intramolecular Hbond substituents is 2. The van der Waals surface area contributed by atoms with Gasteiger partial charge in [-0.2, -0.15) is 0 Å². The van der Waals surface area contributed by atoms with E-state index < -0.39 is 0 Å². The van der Waals surface area contributed by atoms with Crippen LogP contribution in [0.2, 0.25) is 0 Å². The molecule has 1 fully saturated rings. The first-order chi connectivity index (χ1) is 9.08. The van der Waals surface area contributed by atoms with Crippen LogP contribution < -0.4 is 5.32 Å². The second kappa shape index (κ2) is 5.70. The van der Waals surface area contributed by atoms with Gasteiger partial charge < -0.3 is 15.5 Å². The normalized spacial score (nSPS) is 17.3. The Hall–Kier alpha value is -1.42. The molecule has 1 saturated carbocycles. The summed E-state index contributed by atoms with van der Waals surface area (Å²) in [5.74, 6) is -0.532. The summed E-state index contributed by atoms with van der Waals surface area (Å²) in [6.45, 7) is 0.504. The maximum absolute atomic E-state index is 12.0. The zero-order chi connectivity index (χ0) is 13.9. The number of hydrogen-bond acceptors (Lipinski definition) is 3. The van der Waals surface area contributed by atoms with Crippen LogP contribution in [0.25, 0.3) is 0 Å². The molecule has 1 aromatic rings. The minimum absolute atomic E-state index is 0.0241. The maximum Gasteiger partial charge on any atom is 0.255 e. The third-order valence-corrected chi connectivity index (χ3v) is 4.40. The summed E-state index contributed by atoms with van der Waals surface area (Å²) in [6, 6.07) is 4.34. The summed E-state index contributed by atoms with van der Waals surface area (Å²) < 4.78 is 0. The molecule has 0 spiro atoms. The molecule has 0 bridgehead atoms. The number of phenols is 2. The van der Waals surface area contributed by atoms with E-state index in [1.165, 1.54) is 18.2 Å². The number of rotatable bonds is 4. The topological polar surface area (TPSA) is 69.6 Å². The fourth-order valence-electron chi connectivity index (χ4n) is 2.56. The lowest BCUT2D eigenvalue weighted by atomic mass is 9.88. The lowest BCUT2D eigenvalue weighted by molar-refractivity contribution is 0.0931. The molecule has 4 nitrogen and oxygen atoms in total. The van der Waals surface area contributed by atoms with Gasteiger partial charge in [0.05, 0.1) is 5.56 Å². The molecule has 1 aliphatic carbocycles. The van der Waals surface area contributed by atoms with E-state index in [0.29, 0.717) is 12.4 Å². The first kappa shape index (κ1) is 14.0. The highest BCUT2D eigenvalue weighted by Gasteiger charge is 2.33. The molecule has 0 saturated heterocycles. The Morgan fingerprint density at radius 2 is 2.00 bits per heavy atom. The summed E-state index contributed by atoms with van der Waals surface area (Å²) in [5, 5.41) is 21.8. The van der Waals surface area contributed by atoms with Crippen molar-refractivity contribution < 1.29 is 15.0 Å². The Labute approximate surface area is 117 Å². The van der Waals surface area contributed by atoms with Crippen LogP contribution in [0.3, 0.4) is 0 Å². The SMILES string of the molecule is O=C(NCC1(CCl)CCCC1)c1cccc(O)c1O. The highest BCUT2D eigenvalue weighted by molar-refractivity contribution is 6.18. The predicted molar refractivity (Wildman–Crippen MR) is 73.7 cm³/mol. The third-order valence-electron chi connectivity index (χ3n) is 3.83. The van der Waals surface area contributed by atoms with Crippen molar-refractivity contribution in [3.63, 3.8) is 0 Å². The van der Waals surface area contributed by atoms with Crippen molar-refractivity contribution in [3.8, 4) is 11.5 Å². The number of alkyl halides is 1. The predicted octanol–water partition coefficient (Wildman–Crippen LogP) is 2.63. The van der Waals surface area contributed by atoms with Gasteiger partial charge in [0.1, 0.15) is 0 Å². The molecule has 2 rings (SSSR count). The van der Waals surface area contributed by atoms with Crippen molar-refractivity contribution in [1.82, 2.24) is 5.32 Å². The van der Waals surface area contributed by atoms with Crippen LogP contribution in [-0.4, -0.2) is 28.5 Å². The van der Waals surface area contributed by atoms with Gasteiger partial charge in [0, 0.05) is 17.8 Å². The number of amides is 1. The summed E-state index contributed by atoms with van der Waals surface area (Å²) in [7, 11) is 0. The van der Waals surface area contributed by atoms with E-state index in [0.717, 1.165) is 25.7 Å². The molecule has 0 atom stereocenters. The van der Waals surface area contributed by atoms with Gasteiger partial charge in [0.15, 0.2) is 11.5 Å². The van der Waals surface area contributed by atoms with Crippen molar-refractivity contribution in [1.29, 1.82) is 0 Å². The number of nitrogens with one attached hydrogen (secondary N) is 1. The van der Waals surface area contributed by atoms with Gasteiger partial charge >= 0.3 is 0 Å². The number of para-hydroxylation sites is 1. The monoisotopic (exact) mass is 283 g/mol. The minimum Gasteiger partial charge on any atom is -0.504 e. The molecule has 5 heteroatoms. The Balaban J connectivity index is 2.03. The lowest BCUT2D eigenvalue weighted by Gasteiger charge is -2.26. The van der Waals surface area contributed by atoms with Crippen molar-refractivity contribution in [2.24, 2.45) is 5.41 Å². The average molecular weight is 284 g/mol. The van der Waals surface area contributed by atoms with Crippen LogP contribution >= 0.6 is 11.6 Å². The summed E-state index contributed by atoms with van der Waals surface area (Å²) in [6.07, 6.45) is 4.31. The highest BCUT2D eigenvalue weighted by atomic mass is 35.5. The lowest BCUT2D eigenvalue weighted by Crippen LogP contribution is -2.37. The number of aromatic hydroxyl groups is 2. The average Bonchev–Trinajstić information content (AvgIpc) is 2.89. The molecule has 0 heterocycles. The smallest absolute Gasteiger partial charge is 0.255 e. The van der Waals surface area contributed by atoms with Crippen molar-refractivity contribution in [2.45, 2.75) is 25.7 Å². The molecule has 3 N–H and O–H groups in total. The molecule has 1 aromatic carbocycles. The third kappa shape index (κ3) is 2.95. The standard InChI is InChI=1S/C14H18ClNO3/c15-8-14(6-1-2-7-14)9-16-13(19)10-4-3-5-11(17)12(10)18/h3-5,17-18H,1-2,6-9H2,(H,16,19). The zero-order valence-electron chi connectivity index (χ0n) is 10.7. The molecular formula is C14H18ClNO3. The molecule has 1 amide bonds. The first-order valence-electron chi connectivity index (χ1n) is 6.43. The molecule has 0 aliphatic heterocycles. The van der Waals surface area contributed by atoms with Gasteiger partial charge in [0.25, 0.3) is 5.91 Å². The van der Waals surface area contributed by atoms with Crippen LogP contribution in [-0.2, 0) is 0 Å². The molecular weight excluding hydrogens is 266 g/mol. The Morgan fingerprint density at radius 1 is 1.32 bits per heavy atom. The van der Waals surface area contributed by atoms with Crippen molar-refractivity contribution in [2.75, 3.05) is 12.4 Å². The Bertz CT molecular complexity index is 470. The number of carbonyl (C=O) groups is 1. The number of hydrogen-bond donors (Lipinski definition) is 3. The van der Waals surface area contributed by atoms with Gasteiger partial charge in [0.2, 0.25) is 0 Å². The fraction of sp³-hybridized carbons (Fsp3) is 0.500. The van der Waals surface area contributed by atoms with Crippen LogP contribution in [0.4, 0.5) is 0 Å². The first-order valence-corrected chi connectivity index (χ1v) is 6.96. The molecule has 0 radical (unpaired) electrons. The summed E-state index contributed by atoms with van der Waals surface area (Å²) in [4.78, 5) is 12.0. The quantitative estimate of drug-likeness (QED) is 0.588. The van der Waals surface area contributed by atoms with Crippen LogP contribution in [0.1, 0.15) is 36.0 Å². The Morgan fingerprint density at radius 3 is 2.63 bits per heavy atom. The maximum atomic E-state index is 12.0. The number of benzene rings is 1. The van der Waals surface area contributed by atoms with Gasteiger partial charge in [-0.3, -0.25) is 4.79 Å². The zero-order valence-corrected chi connectivity index (χ0v) is 11.4. The second-order valence-corrected chi connectivity index (χ2v) is 5.46. The van der Waals surface area contributed by atoms with Gasteiger partial charge in [-0.05, 0) is 25.0 Å². The van der Waals surface area contributed by atoms with E-state index in [2.05, 4.69) is 5.32 Å². The molecule has 0 aromatic heterocycles. The van der Waals surface area contributed by atoms with E-state index in [4.69, 9.17) is 11.6 Å². The number of halogens is 1. The molecule has 104 valence electrons. The van der Waals surface area contributed by atoms with Crippen LogP contribution in [0, 0.1) is 5.41 Å². The molecule has 0 unspecified atom stereocenters. The van der Waals surface area contributed by atoms with E-state index in [-0.39, 0.29) is 28.4 Å². The van der Waals surface area contributed by atoms with Gasteiger partial charge in [-0.1, -0.05) is 18.9 Å². The van der Waals surface area contributed by atoms with E-state index in [1.54, 1.807) is 0 Å². The molecule has 1 aliphatic rings. The van der Waals surface area contributed by atoms with Crippen LogP contribution in [0.5, 0.6) is 11.5 Å². The van der Waals surface area contributed by atoms with Crippen molar-refractivity contribution >= 4 is 17.5 Å². The van der Waals surface area contributed by atoms with Crippen molar-refractivity contribution in [3.05, 3.63) is 23.8 Å². The van der Waals surface area contributed by atoms with E-state index >= 15 is 0 Å². The van der Waals surface area contributed by atoms with E-state index in [1.807, 2.05) is 0 Å². The largest absolute Gasteiger partial charge is 0.504 e. The highest BCUT2D eigenvalue weighted by Crippen LogP contribution is 2.38. The van der Waals surface area contributed by atoms with Gasteiger partial charge in [-0.25, -0.2) is 0 Å². The Kier molecular flexibility index (Phi) is 4.20.